The zero-order valence-electron chi connectivity index (χ0n) is 18.0. The molecule has 1 aliphatic heterocycles. The molecule has 150 valence electrons. The van der Waals surface area contributed by atoms with Crippen molar-refractivity contribution in [2.45, 2.75) is 72.6 Å². The van der Waals surface area contributed by atoms with E-state index in [0.717, 1.165) is 39.3 Å². The molecule has 0 bridgehead atoms. The summed E-state index contributed by atoms with van der Waals surface area (Å²) in [6.07, 6.45) is 0.129. The van der Waals surface area contributed by atoms with E-state index in [1.54, 1.807) is 6.92 Å². The standard InChI is InChI=1S/C24H31NO3/c1-14-8-9-19-20(13-24(6,7)28-22(19)11-14)25-23(26)18(5)27-21-12-15(2)10-16(3)17(21)4/h8-12,18,20H,13H2,1-7H3,(H,25,26). The van der Waals surface area contributed by atoms with Gasteiger partial charge in [0.2, 0.25) is 0 Å². The first kappa shape index (κ1) is 20.2. The highest BCUT2D eigenvalue weighted by Gasteiger charge is 2.35. The Morgan fingerprint density at radius 3 is 2.57 bits per heavy atom. The lowest BCUT2D eigenvalue weighted by molar-refractivity contribution is -0.128. The fourth-order valence-electron chi connectivity index (χ4n) is 3.74. The SMILES string of the molecule is Cc1ccc2c(c1)OC(C)(C)CC2NC(=O)C(C)Oc1cc(C)cc(C)c1C. The number of fused-ring (bicyclic) bond motifs is 1. The number of ether oxygens (including phenoxy) is 2. The van der Waals surface area contributed by atoms with Gasteiger partial charge in [0.05, 0.1) is 6.04 Å². The minimum absolute atomic E-state index is 0.0988. The largest absolute Gasteiger partial charge is 0.487 e. The van der Waals surface area contributed by atoms with Crippen LogP contribution in [0.5, 0.6) is 11.5 Å². The van der Waals surface area contributed by atoms with Crippen LogP contribution in [0.3, 0.4) is 0 Å². The summed E-state index contributed by atoms with van der Waals surface area (Å²) in [5.74, 6) is 1.50. The molecule has 2 atom stereocenters. The molecule has 4 heteroatoms. The molecule has 1 N–H and O–H groups in total. The monoisotopic (exact) mass is 381 g/mol. The van der Waals surface area contributed by atoms with Crippen LogP contribution in [0.4, 0.5) is 0 Å². The maximum Gasteiger partial charge on any atom is 0.261 e. The summed E-state index contributed by atoms with van der Waals surface area (Å²) in [6.45, 7) is 14.1. The predicted molar refractivity (Wildman–Crippen MR) is 112 cm³/mol. The normalized spacial score (nSPS) is 18.6. The molecule has 1 heterocycles. The molecule has 0 saturated carbocycles. The highest BCUT2D eigenvalue weighted by atomic mass is 16.5. The molecule has 3 rings (SSSR count). The predicted octanol–water partition coefficient (Wildman–Crippen LogP) is 5.11. The average molecular weight is 382 g/mol. The van der Waals surface area contributed by atoms with Gasteiger partial charge in [0.15, 0.2) is 6.10 Å². The molecule has 4 nitrogen and oxygen atoms in total. The zero-order chi connectivity index (χ0) is 20.6. The van der Waals surface area contributed by atoms with Gasteiger partial charge in [0.1, 0.15) is 17.1 Å². The van der Waals surface area contributed by atoms with Crippen molar-refractivity contribution in [3.8, 4) is 11.5 Å². The van der Waals surface area contributed by atoms with Gasteiger partial charge in [-0.1, -0.05) is 18.2 Å². The highest BCUT2D eigenvalue weighted by molar-refractivity contribution is 5.81. The fraction of sp³-hybridized carbons (Fsp3) is 0.458. The molecule has 28 heavy (non-hydrogen) atoms. The van der Waals surface area contributed by atoms with Crippen LogP contribution < -0.4 is 14.8 Å². The minimum Gasteiger partial charge on any atom is -0.487 e. The summed E-state index contributed by atoms with van der Waals surface area (Å²) in [6, 6.07) is 10.1. The minimum atomic E-state index is -0.584. The van der Waals surface area contributed by atoms with E-state index in [9.17, 15) is 4.79 Å². The van der Waals surface area contributed by atoms with Crippen molar-refractivity contribution < 1.29 is 14.3 Å². The Hall–Kier alpha value is -2.49. The van der Waals surface area contributed by atoms with Crippen molar-refractivity contribution >= 4 is 5.91 Å². The van der Waals surface area contributed by atoms with E-state index in [4.69, 9.17) is 9.47 Å². The Labute approximate surface area is 168 Å². The topological polar surface area (TPSA) is 47.6 Å². The summed E-state index contributed by atoms with van der Waals surface area (Å²) in [4.78, 5) is 12.9. The van der Waals surface area contributed by atoms with Crippen LogP contribution in [0.2, 0.25) is 0 Å². The van der Waals surface area contributed by atoms with Crippen molar-refractivity contribution in [1.29, 1.82) is 0 Å². The molecule has 2 aromatic carbocycles. The molecule has 0 fully saturated rings. The fourth-order valence-corrected chi connectivity index (χ4v) is 3.74. The van der Waals surface area contributed by atoms with Crippen molar-refractivity contribution in [1.82, 2.24) is 5.32 Å². The molecule has 2 aromatic rings. The number of amides is 1. The van der Waals surface area contributed by atoms with Crippen LogP contribution in [0.1, 0.15) is 61.1 Å². The van der Waals surface area contributed by atoms with Gasteiger partial charge in [-0.2, -0.15) is 0 Å². The second-order valence-electron chi connectivity index (χ2n) is 8.63. The average Bonchev–Trinajstić information content (AvgIpc) is 2.57. The van der Waals surface area contributed by atoms with E-state index < -0.39 is 6.10 Å². The second-order valence-corrected chi connectivity index (χ2v) is 8.63. The zero-order valence-corrected chi connectivity index (χ0v) is 18.0. The van der Waals surface area contributed by atoms with Gasteiger partial charge in [0.25, 0.3) is 5.91 Å². The summed E-state index contributed by atoms with van der Waals surface area (Å²) in [7, 11) is 0. The van der Waals surface area contributed by atoms with Gasteiger partial charge < -0.3 is 14.8 Å². The number of benzene rings is 2. The van der Waals surface area contributed by atoms with E-state index in [1.807, 2.05) is 39.0 Å². The number of hydrogen-bond donors (Lipinski definition) is 1. The van der Waals surface area contributed by atoms with Crippen molar-refractivity contribution in [3.05, 3.63) is 58.1 Å². The van der Waals surface area contributed by atoms with Crippen LogP contribution in [0.15, 0.2) is 30.3 Å². The number of rotatable bonds is 4. The number of carbonyl (C=O) groups is 1. The number of hydrogen-bond acceptors (Lipinski definition) is 3. The first-order valence-electron chi connectivity index (χ1n) is 9.90. The highest BCUT2D eigenvalue weighted by Crippen LogP contribution is 2.40. The summed E-state index contributed by atoms with van der Waals surface area (Å²) in [5, 5.41) is 3.17. The molecule has 0 radical (unpaired) electrons. The third kappa shape index (κ3) is 4.32. The maximum absolute atomic E-state index is 12.9. The molecule has 0 spiro atoms. The van der Waals surface area contributed by atoms with Gasteiger partial charge in [-0.3, -0.25) is 4.79 Å². The Morgan fingerprint density at radius 2 is 1.86 bits per heavy atom. The van der Waals surface area contributed by atoms with Crippen LogP contribution >= 0.6 is 0 Å². The Kier molecular flexibility index (Phi) is 5.42. The molecular weight excluding hydrogens is 350 g/mol. The van der Waals surface area contributed by atoms with Gasteiger partial charge in [-0.15, -0.1) is 0 Å². The Morgan fingerprint density at radius 1 is 1.14 bits per heavy atom. The molecule has 0 aromatic heterocycles. The number of aryl methyl sites for hydroxylation is 3. The van der Waals surface area contributed by atoms with Gasteiger partial charge >= 0.3 is 0 Å². The van der Waals surface area contributed by atoms with Gasteiger partial charge in [-0.05, 0) is 82.9 Å². The van der Waals surface area contributed by atoms with E-state index in [2.05, 4.69) is 38.2 Å². The first-order chi connectivity index (χ1) is 13.1. The lowest BCUT2D eigenvalue weighted by Crippen LogP contribution is -2.44. The summed E-state index contributed by atoms with van der Waals surface area (Å²) in [5.41, 5.74) is 5.18. The van der Waals surface area contributed by atoms with Crippen LogP contribution in [0.25, 0.3) is 0 Å². The van der Waals surface area contributed by atoms with Crippen LogP contribution in [-0.4, -0.2) is 17.6 Å². The van der Waals surface area contributed by atoms with Crippen LogP contribution in [0, 0.1) is 27.7 Å². The molecule has 0 aliphatic carbocycles. The van der Waals surface area contributed by atoms with Crippen molar-refractivity contribution in [2.75, 3.05) is 0 Å². The van der Waals surface area contributed by atoms with Crippen molar-refractivity contribution in [3.63, 3.8) is 0 Å². The van der Waals surface area contributed by atoms with Crippen LogP contribution in [-0.2, 0) is 4.79 Å². The van der Waals surface area contributed by atoms with Crippen molar-refractivity contribution in [2.24, 2.45) is 0 Å². The van der Waals surface area contributed by atoms with Gasteiger partial charge in [0, 0.05) is 12.0 Å². The lowest BCUT2D eigenvalue weighted by atomic mass is 9.89. The number of nitrogens with one attached hydrogen (secondary N) is 1. The molecular formula is C24H31NO3. The summed E-state index contributed by atoms with van der Waals surface area (Å²) >= 11 is 0. The lowest BCUT2D eigenvalue weighted by Gasteiger charge is -2.38. The van der Waals surface area contributed by atoms with E-state index in [0.29, 0.717) is 6.42 Å². The van der Waals surface area contributed by atoms with Gasteiger partial charge in [-0.25, -0.2) is 0 Å². The maximum atomic E-state index is 12.9. The van der Waals surface area contributed by atoms with E-state index in [1.165, 1.54) is 0 Å². The molecule has 0 saturated heterocycles. The third-order valence-electron chi connectivity index (χ3n) is 5.38. The second kappa shape index (κ2) is 7.50. The van der Waals surface area contributed by atoms with E-state index in [-0.39, 0.29) is 17.6 Å². The summed E-state index contributed by atoms with van der Waals surface area (Å²) < 4.78 is 12.2. The smallest absolute Gasteiger partial charge is 0.261 e. The molecule has 1 aliphatic rings. The Balaban J connectivity index is 1.77. The third-order valence-corrected chi connectivity index (χ3v) is 5.38. The number of carbonyl (C=O) groups excluding carboxylic acids is 1. The first-order valence-corrected chi connectivity index (χ1v) is 9.90. The van der Waals surface area contributed by atoms with E-state index >= 15 is 0 Å². The quantitative estimate of drug-likeness (QED) is 0.801. The Bertz CT molecular complexity index is 901. The molecule has 1 amide bonds. The molecule has 2 unspecified atom stereocenters.